The van der Waals surface area contributed by atoms with Crippen LogP contribution >= 0.6 is 34.2 Å². The van der Waals surface area contributed by atoms with Gasteiger partial charge in [-0.1, -0.05) is 6.07 Å². The number of ether oxygens (including phenoxy) is 1. The third-order valence-electron chi connectivity index (χ3n) is 1.40. The number of hydrogen-bond acceptors (Lipinski definition) is 2. The maximum atomic E-state index is 11.9. The molecule has 0 aromatic heterocycles. The molecule has 1 rings (SSSR count). The highest BCUT2D eigenvalue weighted by molar-refractivity contribution is 14.1. The van der Waals surface area contributed by atoms with Crippen LogP contribution in [0, 0.1) is 3.57 Å². The first-order valence-electron chi connectivity index (χ1n) is 3.55. The Morgan fingerprint density at radius 1 is 1.40 bits per heavy atom. The van der Waals surface area contributed by atoms with E-state index in [4.69, 9.17) is 11.6 Å². The fourth-order valence-electron chi connectivity index (χ4n) is 0.866. The van der Waals surface area contributed by atoms with Gasteiger partial charge in [-0.25, -0.2) is 0 Å². The first-order valence-corrected chi connectivity index (χ1v) is 5.01. The summed E-state index contributed by atoms with van der Waals surface area (Å²) < 4.78 is 39.5. The molecule has 0 unspecified atom stereocenters. The van der Waals surface area contributed by atoms with Crippen molar-refractivity contribution in [1.82, 2.24) is 0 Å². The van der Waals surface area contributed by atoms with Crippen molar-refractivity contribution >= 4 is 39.4 Å². The van der Waals surface area contributed by atoms with E-state index in [1.807, 2.05) is 0 Å². The summed E-state index contributed by atoms with van der Waals surface area (Å²) in [4.78, 5) is 10.8. The normalized spacial score (nSPS) is 11.3. The molecule has 0 aliphatic rings. The Balaban J connectivity index is 3.10. The third kappa shape index (κ3) is 3.53. The second-order valence-corrected chi connectivity index (χ2v) is 3.86. The molecule has 0 N–H and O–H groups in total. The zero-order valence-electron chi connectivity index (χ0n) is 6.94. The summed E-state index contributed by atoms with van der Waals surface area (Å²) in [5.41, 5.74) is -0.0148. The Labute approximate surface area is 101 Å². The number of benzene rings is 1. The van der Waals surface area contributed by atoms with E-state index in [9.17, 15) is 18.0 Å². The van der Waals surface area contributed by atoms with Crippen LogP contribution in [0.1, 0.15) is 10.4 Å². The van der Waals surface area contributed by atoms with Gasteiger partial charge < -0.3 is 4.74 Å². The number of carbonyl (C=O) groups excluding carboxylic acids is 1. The maximum absolute atomic E-state index is 11.9. The number of hydrogen-bond donors (Lipinski definition) is 0. The predicted octanol–water partition coefficient (Wildman–Crippen LogP) is 3.57. The van der Waals surface area contributed by atoms with E-state index in [2.05, 4.69) is 4.74 Å². The van der Waals surface area contributed by atoms with Gasteiger partial charge in [-0.3, -0.25) is 4.79 Å². The first kappa shape index (κ1) is 12.6. The molecule has 0 fully saturated rings. The van der Waals surface area contributed by atoms with Crippen molar-refractivity contribution in [3.8, 4) is 5.75 Å². The van der Waals surface area contributed by atoms with Gasteiger partial charge in [0.05, 0.1) is 9.13 Å². The molecule has 0 saturated carbocycles. The lowest BCUT2D eigenvalue weighted by molar-refractivity contribution is -0.274. The molecule has 0 heterocycles. The van der Waals surface area contributed by atoms with Gasteiger partial charge in [0.2, 0.25) is 0 Å². The molecule has 0 aliphatic carbocycles. The number of carbonyl (C=O) groups is 1. The van der Waals surface area contributed by atoms with E-state index in [0.717, 1.165) is 6.07 Å². The molecule has 1 aromatic carbocycles. The lowest BCUT2D eigenvalue weighted by atomic mass is 10.2. The Hall–Kier alpha value is -0.500. The van der Waals surface area contributed by atoms with Gasteiger partial charge in [0.15, 0.2) is 0 Å². The minimum atomic E-state index is -4.78. The van der Waals surface area contributed by atoms with Crippen LogP contribution in [0.5, 0.6) is 5.75 Å². The molecular formula is C8H3ClF3IO2. The van der Waals surface area contributed by atoms with Crippen LogP contribution in [0.25, 0.3) is 0 Å². The topological polar surface area (TPSA) is 26.3 Å². The summed E-state index contributed by atoms with van der Waals surface area (Å²) >= 11 is 6.74. The van der Waals surface area contributed by atoms with Gasteiger partial charge in [-0.15, -0.1) is 13.2 Å². The van der Waals surface area contributed by atoms with Crippen LogP contribution in [0.4, 0.5) is 13.2 Å². The minimum Gasteiger partial charge on any atom is -0.405 e. The molecule has 7 heteroatoms. The predicted molar refractivity (Wildman–Crippen MR) is 56.0 cm³/mol. The molecule has 0 aliphatic heterocycles. The van der Waals surface area contributed by atoms with Gasteiger partial charge in [-0.05, 0) is 46.3 Å². The van der Waals surface area contributed by atoms with E-state index in [1.54, 1.807) is 22.6 Å². The smallest absolute Gasteiger partial charge is 0.405 e. The van der Waals surface area contributed by atoms with Crippen LogP contribution in [-0.4, -0.2) is 11.6 Å². The molecule has 2 nitrogen and oxygen atoms in total. The van der Waals surface area contributed by atoms with E-state index in [-0.39, 0.29) is 9.13 Å². The number of alkyl halides is 3. The molecule has 0 spiro atoms. The summed E-state index contributed by atoms with van der Waals surface area (Å²) in [6.07, 6.45) is -4.78. The average molecular weight is 350 g/mol. The highest BCUT2D eigenvalue weighted by Crippen LogP contribution is 2.30. The van der Waals surface area contributed by atoms with Crippen LogP contribution in [0.2, 0.25) is 0 Å². The fourth-order valence-corrected chi connectivity index (χ4v) is 1.90. The Morgan fingerprint density at radius 3 is 2.47 bits per heavy atom. The summed E-state index contributed by atoms with van der Waals surface area (Å²) in [7, 11) is 0. The summed E-state index contributed by atoms with van der Waals surface area (Å²) in [5.74, 6) is -0.436. The standard InChI is InChI=1S/C8H3ClF3IO2/c9-7(14)4-2-1-3-5(6(4)13)15-8(10,11)12/h1-3H. The SMILES string of the molecule is O=C(Cl)c1cccc(OC(F)(F)F)c1I. The van der Waals surface area contributed by atoms with E-state index in [0.29, 0.717) is 0 Å². The molecule has 15 heavy (non-hydrogen) atoms. The summed E-state index contributed by atoms with van der Waals surface area (Å²) in [5, 5.41) is -0.827. The molecule has 82 valence electrons. The van der Waals surface area contributed by atoms with Crippen molar-refractivity contribution < 1.29 is 22.7 Å². The Bertz CT molecular complexity index is 392. The molecule has 0 radical (unpaired) electrons. The Kier molecular flexibility index (Phi) is 3.82. The van der Waals surface area contributed by atoms with E-state index >= 15 is 0 Å². The van der Waals surface area contributed by atoms with Gasteiger partial charge in [0.25, 0.3) is 5.24 Å². The zero-order chi connectivity index (χ0) is 11.6. The maximum Gasteiger partial charge on any atom is 0.573 e. The first-order chi connectivity index (χ1) is 6.81. The van der Waals surface area contributed by atoms with Gasteiger partial charge in [0, 0.05) is 0 Å². The second-order valence-electron chi connectivity index (χ2n) is 2.44. The minimum absolute atomic E-state index is 0.0148. The average Bonchev–Trinajstić information content (AvgIpc) is 2.05. The molecule has 1 aromatic rings. The summed E-state index contributed by atoms with van der Waals surface area (Å²) in [6, 6.07) is 3.69. The van der Waals surface area contributed by atoms with Crippen LogP contribution < -0.4 is 4.74 Å². The lowest BCUT2D eigenvalue weighted by Gasteiger charge is -2.11. The monoisotopic (exact) mass is 350 g/mol. The molecule has 0 amide bonds. The van der Waals surface area contributed by atoms with Gasteiger partial charge >= 0.3 is 6.36 Å². The zero-order valence-corrected chi connectivity index (χ0v) is 9.85. The molecule has 0 saturated heterocycles. The van der Waals surface area contributed by atoms with Crippen molar-refractivity contribution in [2.75, 3.05) is 0 Å². The third-order valence-corrected chi connectivity index (χ3v) is 2.72. The van der Waals surface area contributed by atoms with Crippen molar-refractivity contribution in [1.29, 1.82) is 0 Å². The van der Waals surface area contributed by atoms with Gasteiger partial charge in [-0.2, -0.15) is 0 Å². The van der Waals surface area contributed by atoms with Crippen molar-refractivity contribution in [3.05, 3.63) is 27.3 Å². The highest BCUT2D eigenvalue weighted by Gasteiger charge is 2.32. The summed E-state index contributed by atoms with van der Waals surface area (Å²) in [6.45, 7) is 0. The quantitative estimate of drug-likeness (QED) is 0.602. The second kappa shape index (κ2) is 4.56. The molecule has 0 bridgehead atoms. The fraction of sp³-hybridized carbons (Fsp3) is 0.125. The van der Waals surface area contributed by atoms with Gasteiger partial charge in [0.1, 0.15) is 5.75 Å². The van der Waals surface area contributed by atoms with Crippen LogP contribution in [-0.2, 0) is 0 Å². The molecule has 0 atom stereocenters. The Morgan fingerprint density at radius 2 is 2.00 bits per heavy atom. The number of rotatable bonds is 2. The van der Waals surface area contributed by atoms with Crippen LogP contribution in [0.15, 0.2) is 18.2 Å². The highest BCUT2D eigenvalue weighted by atomic mass is 127. The van der Waals surface area contributed by atoms with Crippen LogP contribution in [0.3, 0.4) is 0 Å². The van der Waals surface area contributed by atoms with Crippen molar-refractivity contribution in [3.63, 3.8) is 0 Å². The van der Waals surface area contributed by atoms with E-state index in [1.165, 1.54) is 12.1 Å². The largest absolute Gasteiger partial charge is 0.573 e. The van der Waals surface area contributed by atoms with E-state index < -0.39 is 17.4 Å². The lowest BCUT2D eigenvalue weighted by Crippen LogP contribution is -2.18. The number of halogens is 5. The van der Waals surface area contributed by atoms with Crippen molar-refractivity contribution in [2.45, 2.75) is 6.36 Å². The van der Waals surface area contributed by atoms with Crippen molar-refractivity contribution in [2.24, 2.45) is 0 Å². The molecular weight excluding hydrogens is 347 g/mol.